The van der Waals surface area contributed by atoms with Gasteiger partial charge in [0, 0.05) is 38.8 Å². The summed E-state index contributed by atoms with van der Waals surface area (Å²) < 4.78 is 36.2. The minimum Gasteiger partial charge on any atom is -0.384 e. The van der Waals surface area contributed by atoms with E-state index in [2.05, 4.69) is 10.6 Å². The first kappa shape index (κ1) is 29.2. The van der Waals surface area contributed by atoms with Gasteiger partial charge in [0.25, 0.3) is 5.91 Å². The zero-order valence-corrected chi connectivity index (χ0v) is 23.5. The van der Waals surface area contributed by atoms with Crippen LogP contribution in [0, 0.1) is 5.41 Å². The topological polar surface area (TPSA) is 58.2 Å². The fourth-order valence-electron chi connectivity index (χ4n) is 4.13. The molecule has 13 heteroatoms. The summed E-state index contributed by atoms with van der Waals surface area (Å²) in [6.07, 6.45) is 0.684. The van der Waals surface area contributed by atoms with Gasteiger partial charge >= 0.3 is 5.51 Å². The van der Waals surface area contributed by atoms with E-state index in [1.54, 1.807) is 24.3 Å². The van der Waals surface area contributed by atoms with E-state index in [0.717, 1.165) is 0 Å². The lowest BCUT2D eigenvalue weighted by Crippen LogP contribution is -2.23. The summed E-state index contributed by atoms with van der Waals surface area (Å²) in [6, 6.07) is 14.6. The van der Waals surface area contributed by atoms with Gasteiger partial charge in [0.2, 0.25) is 0 Å². The predicted molar refractivity (Wildman–Crippen MR) is 148 cm³/mol. The zero-order valence-electron chi connectivity index (χ0n) is 18.9. The van der Waals surface area contributed by atoms with Gasteiger partial charge in [-0.25, -0.2) is 0 Å². The molecule has 0 aromatic heterocycles. The van der Waals surface area contributed by atoms with Crippen molar-refractivity contribution in [3.8, 4) is 0 Å². The molecule has 0 bridgehead atoms. The first-order valence-corrected chi connectivity index (χ1v) is 13.5. The fourth-order valence-corrected chi connectivity index (χ4v) is 6.39. The molecule has 3 aromatic rings. The van der Waals surface area contributed by atoms with Crippen LogP contribution < -0.4 is 10.6 Å². The zero-order chi connectivity index (χ0) is 27.9. The van der Waals surface area contributed by atoms with Crippen LogP contribution in [0.15, 0.2) is 65.6 Å². The highest BCUT2D eigenvalue weighted by Gasteiger charge is 2.76. The van der Waals surface area contributed by atoms with Crippen LogP contribution >= 0.6 is 69.8 Å². The molecule has 0 heterocycles. The molecule has 0 aliphatic heterocycles. The molecule has 4 rings (SSSR count). The van der Waals surface area contributed by atoms with Gasteiger partial charge in [0.15, 0.2) is 0 Å². The molecule has 1 aliphatic carbocycles. The smallest absolute Gasteiger partial charge is 0.384 e. The highest BCUT2D eigenvalue weighted by molar-refractivity contribution is 8.00. The number of hydrogen-bond acceptors (Lipinski definition) is 4. The fraction of sp³-hybridized carbons (Fsp3) is 0.200. The maximum Gasteiger partial charge on any atom is 0.446 e. The largest absolute Gasteiger partial charge is 0.446 e. The van der Waals surface area contributed by atoms with Crippen molar-refractivity contribution in [2.45, 2.75) is 20.7 Å². The average Bonchev–Trinajstić information content (AvgIpc) is 3.32. The quantitative estimate of drug-likeness (QED) is 0.146. The Hall–Kier alpha value is -1.81. The second-order valence-corrected chi connectivity index (χ2v) is 12.3. The summed E-state index contributed by atoms with van der Waals surface area (Å²) in [5.74, 6) is -1.17. The number of carbonyl (C=O) groups excluding carboxylic acids is 2. The Labute approximate surface area is 245 Å². The number of rotatable bonds is 8. The number of aldehydes is 1. The van der Waals surface area contributed by atoms with Crippen LogP contribution in [0.5, 0.6) is 0 Å². The average molecular weight is 643 g/mol. The molecule has 2 atom stereocenters. The van der Waals surface area contributed by atoms with Crippen molar-refractivity contribution in [2.24, 2.45) is 5.41 Å². The maximum atomic E-state index is 12.8. The van der Waals surface area contributed by atoms with Crippen LogP contribution in [0.2, 0.25) is 15.1 Å². The summed E-state index contributed by atoms with van der Waals surface area (Å²) >= 11 is 31.3. The van der Waals surface area contributed by atoms with E-state index in [9.17, 15) is 22.8 Å². The third-order valence-corrected chi connectivity index (χ3v) is 8.63. The van der Waals surface area contributed by atoms with Crippen molar-refractivity contribution >= 4 is 93.3 Å². The molecule has 1 aliphatic rings. The van der Waals surface area contributed by atoms with E-state index in [1.165, 1.54) is 36.4 Å². The van der Waals surface area contributed by atoms with Gasteiger partial charge in [-0.15, -0.1) is 0 Å². The molecule has 0 saturated heterocycles. The van der Waals surface area contributed by atoms with Gasteiger partial charge in [0.05, 0.1) is 16.0 Å². The van der Waals surface area contributed by atoms with E-state index in [-0.39, 0.29) is 39.5 Å². The van der Waals surface area contributed by atoms with Gasteiger partial charge in [-0.3, -0.25) is 4.79 Å². The minimum atomic E-state index is -4.41. The van der Waals surface area contributed by atoms with Crippen LogP contribution in [0.4, 0.5) is 24.5 Å². The molecular weight excluding hydrogens is 627 g/mol. The Kier molecular flexibility index (Phi) is 8.44. The molecule has 4 nitrogen and oxygen atoms in total. The molecule has 0 radical (unpaired) electrons. The van der Waals surface area contributed by atoms with Crippen LogP contribution in [0.3, 0.4) is 0 Å². The van der Waals surface area contributed by atoms with Crippen LogP contribution in [0.25, 0.3) is 0 Å². The number of thioether (sulfide) groups is 1. The number of anilines is 2. The third-order valence-electron chi connectivity index (χ3n) is 5.99. The number of alkyl halides is 5. The van der Waals surface area contributed by atoms with E-state index < -0.39 is 27.1 Å². The highest BCUT2D eigenvalue weighted by atomic mass is 35.5. The third kappa shape index (κ3) is 6.16. The van der Waals surface area contributed by atoms with Crippen LogP contribution in [-0.4, -0.2) is 28.6 Å². The number of hydrogen-bond donors (Lipinski definition) is 2. The first-order valence-electron chi connectivity index (χ1n) is 10.8. The van der Waals surface area contributed by atoms with Gasteiger partial charge in [0.1, 0.15) is 10.6 Å². The van der Waals surface area contributed by atoms with Crippen molar-refractivity contribution in [3.63, 3.8) is 0 Å². The lowest BCUT2D eigenvalue weighted by molar-refractivity contribution is -0.112. The second-order valence-electron chi connectivity index (χ2n) is 8.49. The SMILES string of the molecule is O=CC1(CNc2ccc(Cl)c(C(=O)Nc3ccc(SC(F)(F)F)cc3)c2)C(c2cc(Cl)cc(Cl)c2)C1(Cl)Cl. The number of halogens is 8. The Morgan fingerprint density at radius 3 is 2.13 bits per heavy atom. The molecule has 0 spiro atoms. The molecule has 2 unspecified atom stereocenters. The van der Waals surface area contributed by atoms with E-state index in [1.807, 2.05) is 0 Å². The molecule has 1 fully saturated rings. The van der Waals surface area contributed by atoms with Crippen LogP contribution in [0.1, 0.15) is 21.8 Å². The first-order chi connectivity index (χ1) is 17.8. The molecule has 1 amide bonds. The number of benzene rings is 3. The standard InChI is InChI=1S/C25H16Cl5F3N2O2S/c26-14-7-13(8-15(27)9-14)21-23(12-36,24(21,29)30)11-34-17-3-6-20(28)19(10-17)22(37)35-16-1-4-18(5-2-16)38-25(31,32)33/h1-10,12,21,34H,11H2,(H,35,37). The number of amides is 1. The van der Waals surface area contributed by atoms with Crippen LogP contribution in [-0.2, 0) is 4.79 Å². The number of nitrogens with one attached hydrogen (secondary N) is 2. The summed E-state index contributed by atoms with van der Waals surface area (Å²) in [5.41, 5.74) is -4.17. The predicted octanol–water partition coefficient (Wildman–Crippen LogP) is 9.08. The lowest BCUT2D eigenvalue weighted by atomic mass is 10.00. The monoisotopic (exact) mass is 640 g/mol. The van der Waals surface area contributed by atoms with Crippen molar-refractivity contribution < 1.29 is 22.8 Å². The van der Waals surface area contributed by atoms with Gasteiger partial charge in [-0.05, 0) is 78.0 Å². The maximum absolute atomic E-state index is 12.8. The minimum absolute atomic E-state index is 0.0167. The summed E-state index contributed by atoms with van der Waals surface area (Å²) in [7, 11) is 0. The van der Waals surface area contributed by atoms with Gasteiger partial charge < -0.3 is 15.4 Å². The van der Waals surface area contributed by atoms with Crippen molar-refractivity contribution in [3.05, 3.63) is 86.9 Å². The Bertz CT molecular complexity index is 1370. The summed E-state index contributed by atoms with van der Waals surface area (Å²) in [6.45, 7) is 0.0271. The van der Waals surface area contributed by atoms with E-state index in [0.29, 0.717) is 27.6 Å². The van der Waals surface area contributed by atoms with Gasteiger partial charge in [-0.1, -0.05) is 58.0 Å². The highest BCUT2D eigenvalue weighted by Crippen LogP contribution is 2.73. The number of carbonyl (C=O) groups is 2. The van der Waals surface area contributed by atoms with Crippen molar-refractivity contribution in [2.75, 3.05) is 17.2 Å². The molecular formula is C25H16Cl5F3N2O2S. The summed E-state index contributed by atoms with van der Waals surface area (Å²) in [4.78, 5) is 25.0. The molecule has 200 valence electrons. The molecule has 2 N–H and O–H groups in total. The Morgan fingerprint density at radius 1 is 0.947 bits per heavy atom. The molecule has 3 aromatic carbocycles. The van der Waals surface area contributed by atoms with Crippen molar-refractivity contribution in [1.29, 1.82) is 0 Å². The second kappa shape index (κ2) is 11.0. The Morgan fingerprint density at radius 2 is 1.55 bits per heavy atom. The molecule has 1 saturated carbocycles. The summed E-state index contributed by atoms with van der Waals surface area (Å²) in [5, 5.41) is 6.57. The van der Waals surface area contributed by atoms with E-state index >= 15 is 0 Å². The van der Waals surface area contributed by atoms with Crippen molar-refractivity contribution in [1.82, 2.24) is 0 Å². The normalized spacial score (nSPS) is 20.1. The van der Waals surface area contributed by atoms with E-state index in [4.69, 9.17) is 58.0 Å². The van der Waals surface area contributed by atoms with Gasteiger partial charge in [-0.2, -0.15) is 13.2 Å². The Balaban J connectivity index is 1.48. The molecule has 38 heavy (non-hydrogen) atoms. The lowest BCUT2D eigenvalue weighted by Gasteiger charge is -2.15.